The van der Waals surface area contributed by atoms with E-state index in [0.717, 1.165) is 16.6 Å². The number of H-pyrrole nitrogens is 1. The van der Waals surface area contributed by atoms with Crippen LogP contribution in [0.2, 0.25) is 10.0 Å². The van der Waals surface area contributed by atoms with Gasteiger partial charge in [-0.3, -0.25) is 0 Å². The molecule has 0 aliphatic heterocycles. The van der Waals surface area contributed by atoms with Crippen molar-refractivity contribution in [3.63, 3.8) is 0 Å². The molecule has 0 radical (unpaired) electrons. The van der Waals surface area contributed by atoms with Gasteiger partial charge in [0.15, 0.2) is 0 Å². The van der Waals surface area contributed by atoms with Crippen LogP contribution in [0.15, 0.2) is 30.3 Å². The van der Waals surface area contributed by atoms with Crippen molar-refractivity contribution in [1.29, 1.82) is 5.26 Å². The molecule has 1 aromatic heterocycles. The van der Waals surface area contributed by atoms with Crippen molar-refractivity contribution in [3.8, 4) is 6.07 Å². The Bertz CT molecular complexity index is 919. The predicted molar refractivity (Wildman–Crippen MR) is 95.5 cm³/mol. The van der Waals surface area contributed by atoms with E-state index < -0.39 is 0 Å². The van der Waals surface area contributed by atoms with Gasteiger partial charge in [0.2, 0.25) is 0 Å². The van der Waals surface area contributed by atoms with Gasteiger partial charge in [-0.2, -0.15) is 5.26 Å². The van der Waals surface area contributed by atoms with Crippen molar-refractivity contribution in [3.05, 3.63) is 62.9 Å². The smallest absolute Gasteiger partial charge is 0.149 e. The van der Waals surface area contributed by atoms with Crippen LogP contribution in [0.1, 0.15) is 22.5 Å². The first-order valence-corrected chi connectivity index (χ1v) is 7.78. The molecule has 3 rings (SSSR count). The maximum absolute atomic E-state index is 9.49. The van der Waals surface area contributed by atoms with Gasteiger partial charge in [0, 0.05) is 15.6 Å². The van der Waals surface area contributed by atoms with Crippen molar-refractivity contribution in [2.24, 2.45) is 0 Å². The van der Waals surface area contributed by atoms with E-state index in [1.165, 1.54) is 5.56 Å². The van der Waals surface area contributed by atoms with Gasteiger partial charge in [0.1, 0.15) is 11.9 Å². The van der Waals surface area contributed by atoms with Crippen molar-refractivity contribution >= 4 is 45.9 Å². The summed E-state index contributed by atoms with van der Waals surface area (Å²) in [6, 6.07) is 11.4. The summed E-state index contributed by atoms with van der Waals surface area (Å²) in [6.07, 6.45) is 1.65. The van der Waals surface area contributed by atoms with Crippen molar-refractivity contribution < 1.29 is 0 Å². The molecule has 0 spiro atoms. The second-order valence-corrected chi connectivity index (χ2v) is 6.16. The largest absolute Gasteiger partial charge is 0.337 e. The Balaban J connectivity index is 2.15. The Morgan fingerprint density at radius 1 is 1.17 bits per heavy atom. The second-order valence-electron chi connectivity index (χ2n) is 5.34. The number of benzene rings is 2. The Morgan fingerprint density at radius 2 is 1.83 bits per heavy atom. The fourth-order valence-electron chi connectivity index (χ4n) is 2.34. The summed E-state index contributed by atoms with van der Waals surface area (Å²) in [7, 11) is 0. The monoisotopic (exact) mass is 341 g/mol. The van der Waals surface area contributed by atoms with Crippen LogP contribution in [0.3, 0.4) is 0 Å². The molecule has 1 N–H and O–H groups in total. The number of nitrogens with zero attached hydrogens (tertiary/aromatic N) is 2. The second kappa shape index (κ2) is 6.08. The van der Waals surface area contributed by atoms with Crippen molar-refractivity contribution in [2.45, 2.75) is 13.8 Å². The number of nitriles is 1. The molecule has 0 atom stereocenters. The first kappa shape index (κ1) is 15.6. The molecule has 3 nitrogen and oxygen atoms in total. The van der Waals surface area contributed by atoms with Crippen LogP contribution < -0.4 is 0 Å². The molecule has 0 saturated heterocycles. The number of allylic oxidation sites excluding steroid dienone is 1. The van der Waals surface area contributed by atoms with Gasteiger partial charge >= 0.3 is 0 Å². The van der Waals surface area contributed by atoms with Crippen LogP contribution in [0.4, 0.5) is 0 Å². The van der Waals surface area contributed by atoms with Crippen LogP contribution in [0.25, 0.3) is 22.7 Å². The van der Waals surface area contributed by atoms with Crippen molar-refractivity contribution in [2.75, 3.05) is 0 Å². The molecular formula is C18H13Cl2N3. The third kappa shape index (κ3) is 2.96. The number of hydrogen-bond acceptors (Lipinski definition) is 2. The molecule has 23 heavy (non-hydrogen) atoms. The average molecular weight is 342 g/mol. The van der Waals surface area contributed by atoms with E-state index in [2.05, 4.69) is 16.0 Å². The zero-order valence-corrected chi connectivity index (χ0v) is 14.1. The quantitative estimate of drug-likeness (QED) is 0.621. The summed E-state index contributed by atoms with van der Waals surface area (Å²) >= 11 is 12.3. The van der Waals surface area contributed by atoms with Gasteiger partial charge in [0.05, 0.1) is 16.6 Å². The van der Waals surface area contributed by atoms with E-state index in [-0.39, 0.29) is 0 Å². The summed E-state index contributed by atoms with van der Waals surface area (Å²) in [5.41, 5.74) is 5.05. The zero-order valence-electron chi connectivity index (χ0n) is 12.6. The third-order valence-corrected chi connectivity index (χ3v) is 4.42. The molecule has 3 aromatic rings. The maximum Gasteiger partial charge on any atom is 0.149 e. The molecule has 0 fully saturated rings. The van der Waals surface area contributed by atoms with Gasteiger partial charge in [0.25, 0.3) is 0 Å². The Hall–Kier alpha value is -2.28. The standard InChI is InChI=1S/C18H13Cl2N3/c1-10-6-16-17(7-11(10)2)23-18(22-16)12(9-21)8-13-14(19)4-3-5-15(13)20/h3-8H,1-2H3,(H,22,23). The van der Waals surface area contributed by atoms with E-state index in [0.29, 0.717) is 27.0 Å². The van der Waals surface area contributed by atoms with Gasteiger partial charge in [-0.15, -0.1) is 0 Å². The molecule has 0 bridgehead atoms. The minimum Gasteiger partial charge on any atom is -0.337 e. The maximum atomic E-state index is 9.49. The molecule has 1 heterocycles. The minimum absolute atomic E-state index is 0.381. The van der Waals surface area contributed by atoms with E-state index in [1.54, 1.807) is 24.3 Å². The van der Waals surface area contributed by atoms with Crippen LogP contribution in [0, 0.1) is 25.2 Å². The van der Waals surface area contributed by atoms with Gasteiger partial charge in [-0.1, -0.05) is 29.3 Å². The Labute approximate surface area is 144 Å². The SMILES string of the molecule is Cc1cc2nc(C(C#N)=Cc3c(Cl)cccc3Cl)[nH]c2cc1C. The molecule has 0 aliphatic rings. The van der Waals surface area contributed by atoms with E-state index in [1.807, 2.05) is 26.0 Å². The molecule has 2 aromatic carbocycles. The molecule has 0 saturated carbocycles. The summed E-state index contributed by atoms with van der Waals surface area (Å²) in [4.78, 5) is 7.69. The van der Waals surface area contributed by atoms with E-state index in [4.69, 9.17) is 23.2 Å². The highest BCUT2D eigenvalue weighted by molar-refractivity contribution is 6.37. The Kier molecular flexibility index (Phi) is 4.12. The lowest BCUT2D eigenvalue weighted by molar-refractivity contribution is 1.27. The number of hydrogen-bond donors (Lipinski definition) is 1. The zero-order chi connectivity index (χ0) is 16.6. The highest BCUT2D eigenvalue weighted by Crippen LogP contribution is 2.29. The molecule has 5 heteroatoms. The lowest BCUT2D eigenvalue weighted by Crippen LogP contribution is -1.86. The van der Waals surface area contributed by atoms with Crippen LogP contribution in [0.5, 0.6) is 0 Å². The van der Waals surface area contributed by atoms with Crippen molar-refractivity contribution in [1.82, 2.24) is 9.97 Å². The average Bonchev–Trinajstić information content (AvgIpc) is 2.90. The fraction of sp³-hybridized carbons (Fsp3) is 0.111. The molecule has 0 aliphatic carbocycles. The molecule has 0 amide bonds. The topological polar surface area (TPSA) is 52.5 Å². The highest BCUT2D eigenvalue weighted by Gasteiger charge is 2.11. The molecule has 114 valence electrons. The summed E-state index contributed by atoms with van der Waals surface area (Å²) < 4.78 is 0. The number of rotatable bonds is 2. The molecular weight excluding hydrogens is 329 g/mol. The lowest BCUT2D eigenvalue weighted by Gasteiger charge is -2.01. The van der Waals surface area contributed by atoms with Crippen LogP contribution in [-0.2, 0) is 0 Å². The lowest BCUT2D eigenvalue weighted by atomic mass is 10.1. The van der Waals surface area contributed by atoms with Gasteiger partial charge in [-0.05, 0) is 55.3 Å². The summed E-state index contributed by atoms with van der Waals surface area (Å²) in [5, 5.41) is 10.5. The third-order valence-electron chi connectivity index (χ3n) is 3.76. The number of fused-ring (bicyclic) bond motifs is 1. The Morgan fingerprint density at radius 3 is 2.48 bits per heavy atom. The number of imidazole rings is 1. The normalized spacial score (nSPS) is 11.7. The van der Waals surface area contributed by atoms with Crippen LogP contribution in [-0.4, -0.2) is 9.97 Å². The minimum atomic E-state index is 0.381. The first-order valence-electron chi connectivity index (χ1n) is 7.02. The number of aromatic nitrogens is 2. The van der Waals surface area contributed by atoms with E-state index in [9.17, 15) is 5.26 Å². The number of aryl methyl sites for hydroxylation is 2. The predicted octanol–water partition coefficient (Wildman–Crippen LogP) is 5.55. The molecule has 0 unspecified atom stereocenters. The fourth-order valence-corrected chi connectivity index (χ4v) is 2.85. The summed E-state index contributed by atoms with van der Waals surface area (Å²) in [6.45, 7) is 4.08. The number of halogens is 2. The van der Waals surface area contributed by atoms with Gasteiger partial charge < -0.3 is 4.98 Å². The first-order chi connectivity index (χ1) is 11.0. The number of aromatic amines is 1. The van der Waals surface area contributed by atoms with E-state index >= 15 is 0 Å². The highest BCUT2D eigenvalue weighted by atomic mass is 35.5. The van der Waals surface area contributed by atoms with Crippen LogP contribution >= 0.6 is 23.2 Å². The van der Waals surface area contributed by atoms with Gasteiger partial charge in [-0.25, -0.2) is 4.98 Å². The summed E-state index contributed by atoms with van der Waals surface area (Å²) in [5.74, 6) is 0.503. The number of nitrogens with one attached hydrogen (secondary N) is 1.